The normalized spacial score (nSPS) is 20.1. The van der Waals surface area contributed by atoms with Crippen LogP contribution >= 0.6 is 0 Å². The van der Waals surface area contributed by atoms with Crippen LogP contribution in [0.5, 0.6) is 11.5 Å². The number of methoxy groups -OCH3 is 1. The zero-order valence-electron chi connectivity index (χ0n) is 20.2. The molecule has 0 spiro atoms. The first-order valence-electron chi connectivity index (χ1n) is 11.6. The van der Waals surface area contributed by atoms with Crippen molar-refractivity contribution < 1.29 is 28.7 Å². The summed E-state index contributed by atoms with van der Waals surface area (Å²) in [5, 5.41) is 2.70. The number of urea groups is 1. The fourth-order valence-corrected chi connectivity index (χ4v) is 4.42. The molecule has 2 aromatic carbocycles. The Labute approximate surface area is 204 Å². The number of hydrogen-bond donors (Lipinski definition) is 0. The van der Waals surface area contributed by atoms with Gasteiger partial charge in [-0.2, -0.15) is 5.01 Å². The van der Waals surface area contributed by atoms with Crippen LogP contribution < -0.4 is 19.4 Å². The molecular formula is C26H29N3O6. The van der Waals surface area contributed by atoms with Crippen LogP contribution in [0.4, 0.5) is 16.2 Å². The highest BCUT2D eigenvalue weighted by Gasteiger charge is 2.44. The summed E-state index contributed by atoms with van der Waals surface area (Å²) in [7, 11) is 3.08. The molecule has 3 amide bonds. The van der Waals surface area contributed by atoms with Gasteiger partial charge in [0.1, 0.15) is 16.9 Å². The quantitative estimate of drug-likeness (QED) is 0.364. The second-order valence-electron chi connectivity index (χ2n) is 8.94. The molecule has 1 aliphatic heterocycles. The summed E-state index contributed by atoms with van der Waals surface area (Å²) in [6, 6.07) is 13.1. The minimum Gasteiger partial charge on any atom is -0.497 e. The third kappa shape index (κ3) is 4.58. The number of carbonyl (C=O) groups excluding carboxylic acids is 4. The molecule has 2 aliphatic rings. The number of ether oxygens (including phenoxy) is 2. The van der Waals surface area contributed by atoms with E-state index in [1.165, 1.54) is 11.9 Å². The minimum atomic E-state index is -1.20. The van der Waals surface area contributed by atoms with E-state index in [0.29, 0.717) is 36.5 Å². The van der Waals surface area contributed by atoms with E-state index in [0.717, 1.165) is 17.9 Å². The zero-order chi connectivity index (χ0) is 25.2. The maximum absolute atomic E-state index is 13.5. The van der Waals surface area contributed by atoms with Gasteiger partial charge < -0.3 is 9.47 Å². The van der Waals surface area contributed by atoms with Crippen LogP contribution in [0, 0.1) is 5.41 Å². The summed E-state index contributed by atoms with van der Waals surface area (Å²) in [6.07, 6.45) is 2.51. The first-order chi connectivity index (χ1) is 16.8. The number of imide groups is 1. The highest BCUT2D eigenvalue weighted by atomic mass is 16.5. The minimum absolute atomic E-state index is 0.131. The van der Waals surface area contributed by atoms with E-state index in [-0.39, 0.29) is 23.9 Å². The van der Waals surface area contributed by atoms with Crippen LogP contribution in [0.2, 0.25) is 0 Å². The largest absolute Gasteiger partial charge is 0.497 e. The number of amides is 3. The van der Waals surface area contributed by atoms with Crippen molar-refractivity contribution in [3.05, 3.63) is 48.5 Å². The number of para-hydroxylation sites is 2. The van der Waals surface area contributed by atoms with E-state index >= 15 is 0 Å². The summed E-state index contributed by atoms with van der Waals surface area (Å²) in [5.74, 6) is -0.292. The number of hydrogen-bond acceptors (Lipinski definition) is 7. The number of Topliss-reactive ketones (excluding diaryl/α,β-unsaturated/α-hetero) is 1. The number of ketones is 1. The standard InChI is InChI=1S/C26H29N3O6/c1-26(16-7-6-10-22(26)30)24(32)35-21-9-5-4-8-20(21)27(2)25(33)29-23(31)15-17-28(29)18-11-13-19(34-3)14-12-18/h4-5,8-9,11-14H,6-7,10,15-17H2,1-3H3. The summed E-state index contributed by atoms with van der Waals surface area (Å²) in [6.45, 7) is 1.96. The molecule has 9 heteroatoms. The van der Waals surface area contributed by atoms with Crippen molar-refractivity contribution in [3.63, 3.8) is 0 Å². The van der Waals surface area contributed by atoms with Crippen molar-refractivity contribution in [3.8, 4) is 11.5 Å². The van der Waals surface area contributed by atoms with Crippen LogP contribution in [-0.4, -0.2) is 49.4 Å². The SMILES string of the molecule is COc1ccc(N2CCC(=O)N2C(=O)N(C)c2ccccc2OC(=O)C2(C)CCCCC2=O)cc1. The average molecular weight is 480 g/mol. The molecule has 1 unspecified atom stereocenters. The van der Waals surface area contributed by atoms with E-state index in [2.05, 4.69) is 0 Å². The van der Waals surface area contributed by atoms with Crippen molar-refractivity contribution in [2.24, 2.45) is 5.41 Å². The van der Waals surface area contributed by atoms with Crippen LogP contribution in [-0.2, 0) is 14.4 Å². The maximum atomic E-state index is 13.5. The molecule has 0 aromatic heterocycles. The van der Waals surface area contributed by atoms with Crippen LogP contribution in [0.25, 0.3) is 0 Å². The van der Waals surface area contributed by atoms with Crippen molar-refractivity contribution in [2.45, 2.75) is 39.0 Å². The van der Waals surface area contributed by atoms with Crippen molar-refractivity contribution in [2.75, 3.05) is 30.6 Å². The van der Waals surface area contributed by atoms with Gasteiger partial charge in [-0.15, -0.1) is 0 Å². The Balaban J connectivity index is 1.57. The summed E-state index contributed by atoms with van der Waals surface area (Å²) in [5.41, 5.74) is -0.224. The Morgan fingerprint density at radius 3 is 2.40 bits per heavy atom. The lowest BCUT2D eigenvalue weighted by Crippen LogP contribution is -2.50. The van der Waals surface area contributed by atoms with Crippen molar-refractivity contribution in [1.29, 1.82) is 0 Å². The molecule has 1 saturated carbocycles. The number of nitrogens with zero attached hydrogens (tertiary/aromatic N) is 3. The topological polar surface area (TPSA) is 96.5 Å². The summed E-state index contributed by atoms with van der Waals surface area (Å²) >= 11 is 0. The molecule has 2 aromatic rings. The average Bonchev–Trinajstić information content (AvgIpc) is 3.26. The predicted octanol–water partition coefficient (Wildman–Crippen LogP) is 3.96. The van der Waals surface area contributed by atoms with Gasteiger partial charge in [0.05, 0.1) is 18.5 Å². The molecule has 9 nitrogen and oxygen atoms in total. The number of benzene rings is 2. The van der Waals surface area contributed by atoms with Gasteiger partial charge in [-0.25, -0.2) is 4.79 Å². The lowest BCUT2D eigenvalue weighted by Gasteiger charge is -2.32. The smallest absolute Gasteiger partial charge is 0.350 e. The molecule has 4 rings (SSSR count). The summed E-state index contributed by atoms with van der Waals surface area (Å²) < 4.78 is 10.9. The fraction of sp³-hybridized carbons (Fsp3) is 0.385. The molecule has 1 atom stereocenters. The number of esters is 1. The van der Waals surface area contributed by atoms with Crippen LogP contribution in [0.3, 0.4) is 0 Å². The monoisotopic (exact) mass is 479 g/mol. The van der Waals surface area contributed by atoms with Gasteiger partial charge >= 0.3 is 12.0 Å². The predicted molar refractivity (Wildman–Crippen MR) is 129 cm³/mol. The Hall–Kier alpha value is -3.88. The second-order valence-corrected chi connectivity index (χ2v) is 8.94. The Kier molecular flexibility index (Phi) is 6.77. The first-order valence-corrected chi connectivity index (χ1v) is 11.6. The third-order valence-corrected chi connectivity index (χ3v) is 6.68. The lowest BCUT2D eigenvalue weighted by atomic mass is 9.74. The molecule has 184 valence electrons. The van der Waals surface area contributed by atoms with Crippen LogP contribution in [0.1, 0.15) is 39.0 Å². The van der Waals surface area contributed by atoms with Gasteiger partial charge in [-0.05, 0) is 56.2 Å². The van der Waals surface area contributed by atoms with E-state index < -0.39 is 17.4 Å². The highest BCUT2D eigenvalue weighted by molar-refractivity contribution is 6.07. The number of carbonyl (C=O) groups is 4. The molecule has 1 heterocycles. The van der Waals surface area contributed by atoms with Crippen LogP contribution in [0.15, 0.2) is 48.5 Å². The highest BCUT2D eigenvalue weighted by Crippen LogP contribution is 2.37. The van der Waals surface area contributed by atoms with E-state index in [9.17, 15) is 19.2 Å². The molecule has 1 saturated heterocycles. The number of anilines is 2. The molecular weight excluding hydrogens is 450 g/mol. The fourth-order valence-electron chi connectivity index (χ4n) is 4.42. The van der Waals surface area contributed by atoms with E-state index in [4.69, 9.17) is 9.47 Å². The summed E-state index contributed by atoms with van der Waals surface area (Å²) in [4.78, 5) is 52.9. The van der Waals surface area contributed by atoms with Gasteiger partial charge in [-0.1, -0.05) is 18.6 Å². The Morgan fingerprint density at radius 2 is 1.71 bits per heavy atom. The number of rotatable bonds is 5. The van der Waals surface area contributed by atoms with Gasteiger partial charge in [-0.3, -0.25) is 24.3 Å². The van der Waals surface area contributed by atoms with E-state index in [1.807, 2.05) is 0 Å². The molecule has 0 N–H and O–H groups in total. The van der Waals surface area contributed by atoms with Crippen molar-refractivity contribution in [1.82, 2.24) is 5.01 Å². The Morgan fingerprint density at radius 1 is 1.00 bits per heavy atom. The maximum Gasteiger partial charge on any atom is 0.350 e. The van der Waals surface area contributed by atoms with Crippen molar-refractivity contribution >= 4 is 35.1 Å². The zero-order valence-corrected chi connectivity index (χ0v) is 20.2. The molecule has 35 heavy (non-hydrogen) atoms. The lowest BCUT2D eigenvalue weighted by molar-refractivity contribution is -0.153. The third-order valence-electron chi connectivity index (χ3n) is 6.68. The molecule has 1 aliphatic carbocycles. The van der Waals surface area contributed by atoms with Gasteiger partial charge in [0.25, 0.3) is 5.91 Å². The van der Waals surface area contributed by atoms with Gasteiger partial charge in [0.2, 0.25) is 0 Å². The van der Waals surface area contributed by atoms with E-state index in [1.54, 1.807) is 67.6 Å². The molecule has 0 radical (unpaired) electrons. The number of hydrazine groups is 1. The van der Waals surface area contributed by atoms with Gasteiger partial charge in [0, 0.05) is 26.4 Å². The first kappa shape index (κ1) is 24.3. The second kappa shape index (κ2) is 9.77. The molecule has 2 fully saturated rings. The Bertz CT molecular complexity index is 1150. The molecule has 0 bridgehead atoms. The van der Waals surface area contributed by atoms with Gasteiger partial charge in [0.15, 0.2) is 5.75 Å².